The molecule has 0 atom stereocenters. The minimum atomic E-state index is -0.233. The fourth-order valence-electron chi connectivity index (χ4n) is 1.68. The van der Waals surface area contributed by atoms with Gasteiger partial charge < -0.3 is 15.1 Å². The third-order valence-corrected chi connectivity index (χ3v) is 2.51. The second-order valence-corrected chi connectivity index (χ2v) is 4.12. The van der Waals surface area contributed by atoms with Crippen LogP contribution >= 0.6 is 0 Å². The number of aryl methyl sites for hydroxylation is 1. The summed E-state index contributed by atoms with van der Waals surface area (Å²) in [5, 5.41) is 5.77. The summed E-state index contributed by atoms with van der Waals surface area (Å²) in [7, 11) is 1.83. The van der Waals surface area contributed by atoms with Gasteiger partial charge in [-0.15, -0.1) is 0 Å². The molecule has 18 heavy (non-hydrogen) atoms. The Morgan fingerprint density at radius 3 is 2.83 bits per heavy atom. The number of furan rings is 1. The largest absolute Gasteiger partial charge is 0.455 e. The minimum absolute atomic E-state index is 0.233. The van der Waals surface area contributed by atoms with Gasteiger partial charge in [-0.25, -0.2) is 0 Å². The normalized spacial score (nSPS) is 10.3. The first-order valence-corrected chi connectivity index (χ1v) is 5.80. The van der Waals surface area contributed by atoms with Crippen molar-refractivity contribution in [3.63, 3.8) is 0 Å². The zero-order valence-electron chi connectivity index (χ0n) is 10.5. The van der Waals surface area contributed by atoms with Crippen molar-refractivity contribution in [3.8, 4) is 0 Å². The highest BCUT2D eigenvalue weighted by molar-refractivity contribution is 6.02. The van der Waals surface area contributed by atoms with Crippen molar-refractivity contribution in [2.45, 2.75) is 13.5 Å². The summed E-state index contributed by atoms with van der Waals surface area (Å²) in [6.07, 6.45) is 0. The Labute approximate surface area is 106 Å². The molecule has 0 spiro atoms. The van der Waals surface area contributed by atoms with Crippen LogP contribution in [-0.2, 0) is 6.54 Å². The predicted molar refractivity (Wildman–Crippen MR) is 70.6 cm³/mol. The lowest BCUT2D eigenvalue weighted by Gasteiger charge is -2.03. The highest BCUT2D eigenvalue weighted by atomic mass is 16.4. The number of carbonyl (C=O) groups is 1. The SMILES string of the molecule is CNCc1ccc(C(=O)Nc2cccc(C)c2)o1. The maximum atomic E-state index is 11.9. The van der Waals surface area contributed by atoms with Crippen LogP contribution in [0.2, 0.25) is 0 Å². The lowest BCUT2D eigenvalue weighted by molar-refractivity contribution is 0.0995. The number of rotatable bonds is 4. The van der Waals surface area contributed by atoms with Crippen LogP contribution in [-0.4, -0.2) is 13.0 Å². The number of hydrogen-bond donors (Lipinski definition) is 2. The molecule has 0 bridgehead atoms. The molecule has 0 fully saturated rings. The van der Waals surface area contributed by atoms with Crippen LogP contribution in [0.3, 0.4) is 0 Å². The number of benzene rings is 1. The van der Waals surface area contributed by atoms with E-state index in [2.05, 4.69) is 10.6 Å². The summed E-state index contributed by atoms with van der Waals surface area (Å²) in [6.45, 7) is 2.59. The topological polar surface area (TPSA) is 54.3 Å². The van der Waals surface area contributed by atoms with Gasteiger partial charge in [0.25, 0.3) is 5.91 Å². The predicted octanol–water partition coefficient (Wildman–Crippen LogP) is 2.56. The van der Waals surface area contributed by atoms with Crippen LogP contribution in [0.1, 0.15) is 21.9 Å². The molecule has 1 amide bonds. The van der Waals surface area contributed by atoms with E-state index in [0.29, 0.717) is 12.3 Å². The van der Waals surface area contributed by atoms with Gasteiger partial charge >= 0.3 is 0 Å². The van der Waals surface area contributed by atoms with Gasteiger partial charge in [0.1, 0.15) is 5.76 Å². The van der Waals surface area contributed by atoms with E-state index in [-0.39, 0.29) is 5.91 Å². The Balaban J connectivity index is 2.07. The molecular formula is C14H16N2O2. The van der Waals surface area contributed by atoms with Gasteiger partial charge in [0.2, 0.25) is 0 Å². The van der Waals surface area contributed by atoms with Gasteiger partial charge in [-0.1, -0.05) is 12.1 Å². The van der Waals surface area contributed by atoms with Crippen molar-refractivity contribution in [3.05, 3.63) is 53.5 Å². The van der Waals surface area contributed by atoms with Crippen LogP contribution in [0.5, 0.6) is 0 Å². The molecule has 0 saturated carbocycles. The number of hydrogen-bond acceptors (Lipinski definition) is 3. The first kappa shape index (κ1) is 12.4. The van der Waals surface area contributed by atoms with Crippen molar-refractivity contribution in [1.82, 2.24) is 5.32 Å². The lowest BCUT2D eigenvalue weighted by Crippen LogP contribution is -2.11. The first-order valence-electron chi connectivity index (χ1n) is 5.80. The zero-order chi connectivity index (χ0) is 13.0. The van der Waals surface area contributed by atoms with Crippen LogP contribution in [0, 0.1) is 6.92 Å². The van der Waals surface area contributed by atoms with Crippen LogP contribution < -0.4 is 10.6 Å². The molecular weight excluding hydrogens is 228 g/mol. The maximum absolute atomic E-state index is 11.9. The van der Waals surface area contributed by atoms with Crippen molar-refractivity contribution < 1.29 is 9.21 Å². The fraction of sp³-hybridized carbons (Fsp3) is 0.214. The molecule has 2 aromatic rings. The number of amides is 1. The number of anilines is 1. The van der Waals surface area contributed by atoms with E-state index in [9.17, 15) is 4.79 Å². The molecule has 1 aromatic heterocycles. The second kappa shape index (κ2) is 5.51. The summed E-state index contributed by atoms with van der Waals surface area (Å²) in [4.78, 5) is 11.9. The standard InChI is InChI=1S/C14H16N2O2/c1-10-4-3-5-11(8-10)16-14(17)13-7-6-12(18-13)9-15-2/h3-8,15H,9H2,1-2H3,(H,16,17). The summed E-state index contributed by atoms with van der Waals surface area (Å²) >= 11 is 0. The molecule has 0 unspecified atom stereocenters. The van der Waals surface area contributed by atoms with Gasteiger partial charge in [-0.2, -0.15) is 0 Å². The Kier molecular flexibility index (Phi) is 3.79. The average molecular weight is 244 g/mol. The van der Waals surface area contributed by atoms with Crippen molar-refractivity contribution in [2.75, 3.05) is 12.4 Å². The van der Waals surface area contributed by atoms with Crippen molar-refractivity contribution in [1.29, 1.82) is 0 Å². The van der Waals surface area contributed by atoms with Gasteiger partial charge in [-0.3, -0.25) is 4.79 Å². The van der Waals surface area contributed by atoms with E-state index in [4.69, 9.17) is 4.42 Å². The second-order valence-electron chi connectivity index (χ2n) is 4.12. The number of nitrogens with one attached hydrogen (secondary N) is 2. The van der Waals surface area contributed by atoms with Crippen LogP contribution in [0.4, 0.5) is 5.69 Å². The number of carbonyl (C=O) groups excluding carboxylic acids is 1. The summed E-state index contributed by atoms with van der Waals surface area (Å²) < 4.78 is 5.41. The van der Waals surface area contributed by atoms with Crippen molar-refractivity contribution in [2.24, 2.45) is 0 Å². The van der Waals surface area contributed by atoms with E-state index in [1.165, 1.54) is 0 Å². The molecule has 94 valence electrons. The van der Waals surface area contributed by atoms with E-state index < -0.39 is 0 Å². The van der Waals surface area contributed by atoms with E-state index in [1.807, 2.05) is 38.2 Å². The lowest BCUT2D eigenvalue weighted by atomic mass is 10.2. The minimum Gasteiger partial charge on any atom is -0.455 e. The third-order valence-electron chi connectivity index (χ3n) is 2.51. The summed E-state index contributed by atoms with van der Waals surface area (Å²) in [5.41, 5.74) is 1.87. The molecule has 1 aromatic carbocycles. The molecule has 2 N–H and O–H groups in total. The van der Waals surface area contributed by atoms with Gasteiger partial charge in [0.15, 0.2) is 5.76 Å². The fourth-order valence-corrected chi connectivity index (χ4v) is 1.68. The summed E-state index contributed by atoms with van der Waals surface area (Å²) in [6, 6.07) is 11.1. The van der Waals surface area contributed by atoms with Crippen molar-refractivity contribution >= 4 is 11.6 Å². The molecule has 4 nitrogen and oxygen atoms in total. The zero-order valence-corrected chi connectivity index (χ0v) is 10.5. The molecule has 0 saturated heterocycles. The maximum Gasteiger partial charge on any atom is 0.291 e. The van der Waals surface area contributed by atoms with Gasteiger partial charge in [0, 0.05) is 5.69 Å². The molecule has 1 heterocycles. The highest BCUT2D eigenvalue weighted by Gasteiger charge is 2.11. The van der Waals surface area contributed by atoms with Gasteiger partial charge in [-0.05, 0) is 43.8 Å². The van der Waals surface area contributed by atoms with E-state index >= 15 is 0 Å². The molecule has 2 rings (SSSR count). The quantitative estimate of drug-likeness (QED) is 0.869. The highest BCUT2D eigenvalue weighted by Crippen LogP contribution is 2.13. The molecule has 0 radical (unpaired) electrons. The Hall–Kier alpha value is -2.07. The van der Waals surface area contributed by atoms with Gasteiger partial charge in [0.05, 0.1) is 6.54 Å². The smallest absolute Gasteiger partial charge is 0.291 e. The van der Waals surface area contributed by atoms with Crippen LogP contribution in [0.25, 0.3) is 0 Å². The first-order chi connectivity index (χ1) is 8.69. The Morgan fingerprint density at radius 1 is 1.28 bits per heavy atom. The molecule has 0 aliphatic carbocycles. The summed E-state index contributed by atoms with van der Waals surface area (Å²) in [5.74, 6) is 0.830. The third kappa shape index (κ3) is 2.99. The van der Waals surface area contributed by atoms with E-state index in [0.717, 1.165) is 17.0 Å². The van der Waals surface area contributed by atoms with Crippen LogP contribution in [0.15, 0.2) is 40.8 Å². The molecule has 4 heteroatoms. The van der Waals surface area contributed by atoms with E-state index in [1.54, 1.807) is 12.1 Å². The monoisotopic (exact) mass is 244 g/mol. The Morgan fingerprint density at radius 2 is 2.11 bits per heavy atom. The molecule has 0 aliphatic rings. The average Bonchev–Trinajstić information content (AvgIpc) is 2.78. The molecule has 0 aliphatic heterocycles. The Bertz CT molecular complexity index is 546.